The van der Waals surface area contributed by atoms with Crippen molar-refractivity contribution >= 4 is 11.6 Å². The Balaban J connectivity index is 2.62. The van der Waals surface area contributed by atoms with Crippen LogP contribution >= 0.6 is 0 Å². The molecule has 1 rings (SSSR count). The number of hydrogen-bond donors (Lipinski definition) is 2. The smallest absolute Gasteiger partial charge is 0.228 e. The van der Waals surface area contributed by atoms with Crippen LogP contribution in [-0.2, 0) is 4.79 Å². The van der Waals surface area contributed by atoms with Crippen molar-refractivity contribution in [3.8, 4) is 0 Å². The minimum Gasteiger partial charge on any atom is -0.326 e. The summed E-state index contributed by atoms with van der Waals surface area (Å²) in [4.78, 5) is 11.9. The zero-order valence-electron chi connectivity index (χ0n) is 10.2. The van der Waals surface area contributed by atoms with Gasteiger partial charge in [0.2, 0.25) is 5.91 Å². The van der Waals surface area contributed by atoms with Gasteiger partial charge in [0.05, 0.1) is 5.92 Å². The molecule has 0 aliphatic carbocycles. The minimum absolute atomic E-state index is 0.0329. The van der Waals surface area contributed by atoms with Gasteiger partial charge in [-0.25, -0.2) is 0 Å². The average Bonchev–Trinajstić information content (AvgIpc) is 2.25. The summed E-state index contributed by atoms with van der Waals surface area (Å²) in [5.41, 5.74) is 2.03. The maximum absolute atomic E-state index is 11.9. The normalized spacial score (nSPS) is 12.2. The Kier molecular flexibility index (Phi) is 4.99. The van der Waals surface area contributed by atoms with Gasteiger partial charge in [0.25, 0.3) is 0 Å². The Morgan fingerprint density at radius 3 is 2.75 bits per heavy atom. The van der Waals surface area contributed by atoms with Gasteiger partial charge in [-0.05, 0) is 38.1 Å². The third-order valence-corrected chi connectivity index (χ3v) is 2.60. The monoisotopic (exact) mass is 220 g/mol. The molecule has 3 nitrogen and oxygen atoms in total. The van der Waals surface area contributed by atoms with Gasteiger partial charge in [-0.2, -0.15) is 0 Å². The number of rotatable bonds is 5. The number of benzene rings is 1. The Hall–Kier alpha value is -1.35. The van der Waals surface area contributed by atoms with Crippen molar-refractivity contribution in [2.45, 2.75) is 20.3 Å². The molecule has 3 heteroatoms. The summed E-state index contributed by atoms with van der Waals surface area (Å²) in [6.07, 6.45) is 0.846. The van der Waals surface area contributed by atoms with Gasteiger partial charge < -0.3 is 10.6 Å². The summed E-state index contributed by atoms with van der Waals surface area (Å²) >= 11 is 0. The van der Waals surface area contributed by atoms with Crippen molar-refractivity contribution in [2.24, 2.45) is 5.92 Å². The molecule has 88 valence electrons. The number of hydrogen-bond acceptors (Lipinski definition) is 2. The fourth-order valence-electron chi connectivity index (χ4n) is 1.64. The molecule has 0 fully saturated rings. The number of anilines is 1. The van der Waals surface area contributed by atoms with Gasteiger partial charge in [0, 0.05) is 12.2 Å². The van der Waals surface area contributed by atoms with Crippen molar-refractivity contribution in [2.75, 3.05) is 18.9 Å². The first-order valence-corrected chi connectivity index (χ1v) is 5.69. The Morgan fingerprint density at radius 1 is 1.44 bits per heavy atom. The first-order chi connectivity index (χ1) is 7.67. The fourth-order valence-corrected chi connectivity index (χ4v) is 1.64. The van der Waals surface area contributed by atoms with Crippen LogP contribution in [0.5, 0.6) is 0 Å². The number of carbonyl (C=O) groups is 1. The first-order valence-electron chi connectivity index (χ1n) is 5.69. The van der Waals surface area contributed by atoms with E-state index in [0.717, 1.165) is 17.7 Å². The Morgan fingerprint density at radius 2 is 2.19 bits per heavy atom. The first kappa shape index (κ1) is 12.7. The molecule has 2 N–H and O–H groups in total. The van der Waals surface area contributed by atoms with Crippen LogP contribution in [0.2, 0.25) is 0 Å². The molecule has 0 bridgehead atoms. The second kappa shape index (κ2) is 6.28. The molecule has 16 heavy (non-hydrogen) atoms. The molecule has 1 amide bonds. The average molecular weight is 220 g/mol. The van der Waals surface area contributed by atoms with Gasteiger partial charge >= 0.3 is 0 Å². The molecular formula is C13H20N2O. The highest BCUT2D eigenvalue weighted by Crippen LogP contribution is 2.12. The van der Waals surface area contributed by atoms with E-state index in [1.807, 2.05) is 45.2 Å². The van der Waals surface area contributed by atoms with Crippen molar-refractivity contribution < 1.29 is 4.79 Å². The maximum atomic E-state index is 11.9. The van der Waals surface area contributed by atoms with Crippen molar-refractivity contribution in [1.29, 1.82) is 0 Å². The number of carbonyl (C=O) groups excluding carboxylic acids is 1. The third kappa shape index (κ3) is 3.66. The van der Waals surface area contributed by atoms with Crippen LogP contribution in [0.15, 0.2) is 24.3 Å². The highest BCUT2D eigenvalue weighted by atomic mass is 16.1. The summed E-state index contributed by atoms with van der Waals surface area (Å²) < 4.78 is 0. The van der Waals surface area contributed by atoms with Gasteiger partial charge in [-0.15, -0.1) is 0 Å². The quantitative estimate of drug-likeness (QED) is 0.798. The molecule has 0 saturated heterocycles. The predicted octanol–water partition coefficient (Wildman–Crippen LogP) is 2.18. The second-order valence-corrected chi connectivity index (χ2v) is 4.02. The summed E-state index contributed by atoms with van der Waals surface area (Å²) in [6.45, 7) is 4.76. The predicted molar refractivity (Wildman–Crippen MR) is 67.5 cm³/mol. The summed E-state index contributed by atoms with van der Waals surface area (Å²) in [6, 6.07) is 7.85. The van der Waals surface area contributed by atoms with Gasteiger partial charge in [-0.1, -0.05) is 19.1 Å². The van der Waals surface area contributed by atoms with Crippen LogP contribution in [0.1, 0.15) is 18.9 Å². The van der Waals surface area contributed by atoms with Gasteiger partial charge in [-0.3, -0.25) is 4.79 Å². The summed E-state index contributed by atoms with van der Waals surface area (Å²) in [5, 5.41) is 5.98. The summed E-state index contributed by atoms with van der Waals surface area (Å²) in [7, 11) is 1.86. The third-order valence-electron chi connectivity index (χ3n) is 2.60. The Labute approximate surface area is 97.2 Å². The fraction of sp³-hybridized carbons (Fsp3) is 0.462. The molecule has 0 aliphatic heterocycles. The molecule has 1 aromatic carbocycles. The summed E-state index contributed by atoms with van der Waals surface area (Å²) in [5.74, 6) is 0.118. The van der Waals surface area contributed by atoms with E-state index in [0.29, 0.717) is 6.54 Å². The van der Waals surface area contributed by atoms with Gasteiger partial charge in [0.1, 0.15) is 0 Å². The molecule has 0 aromatic heterocycles. The lowest BCUT2D eigenvalue weighted by Gasteiger charge is -2.14. The second-order valence-electron chi connectivity index (χ2n) is 4.02. The van der Waals surface area contributed by atoms with Crippen LogP contribution in [0.4, 0.5) is 5.69 Å². The molecule has 0 radical (unpaired) electrons. The van der Waals surface area contributed by atoms with Crippen LogP contribution in [0.3, 0.4) is 0 Å². The van der Waals surface area contributed by atoms with Crippen LogP contribution < -0.4 is 10.6 Å². The van der Waals surface area contributed by atoms with E-state index in [4.69, 9.17) is 0 Å². The molecule has 0 spiro atoms. The Bertz CT molecular complexity index is 350. The molecule has 1 atom stereocenters. The van der Waals surface area contributed by atoms with E-state index < -0.39 is 0 Å². The van der Waals surface area contributed by atoms with E-state index in [-0.39, 0.29) is 11.8 Å². The van der Waals surface area contributed by atoms with E-state index in [9.17, 15) is 4.79 Å². The van der Waals surface area contributed by atoms with Crippen molar-refractivity contribution in [3.05, 3.63) is 29.8 Å². The highest BCUT2D eigenvalue weighted by Gasteiger charge is 2.15. The largest absolute Gasteiger partial charge is 0.326 e. The number of aryl methyl sites for hydroxylation is 1. The SMILES string of the molecule is CCC(CNC)C(=O)Nc1cccc(C)c1. The lowest BCUT2D eigenvalue weighted by atomic mass is 10.1. The lowest BCUT2D eigenvalue weighted by Crippen LogP contribution is -2.30. The molecule has 1 unspecified atom stereocenters. The number of nitrogens with one attached hydrogen (secondary N) is 2. The van der Waals surface area contributed by atoms with Crippen LogP contribution in [-0.4, -0.2) is 19.5 Å². The molecule has 0 aliphatic rings. The molecular weight excluding hydrogens is 200 g/mol. The molecule has 0 saturated carbocycles. The van der Waals surface area contributed by atoms with E-state index in [2.05, 4.69) is 10.6 Å². The molecule has 1 aromatic rings. The van der Waals surface area contributed by atoms with Crippen molar-refractivity contribution in [3.63, 3.8) is 0 Å². The minimum atomic E-state index is 0.0329. The molecule has 0 heterocycles. The van der Waals surface area contributed by atoms with E-state index in [1.165, 1.54) is 0 Å². The standard InChI is InChI=1S/C13H20N2O/c1-4-11(9-14-3)13(16)15-12-7-5-6-10(2)8-12/h5-8,11,14H,4,9H2,1-3H3,(H,15,16). The van der Waals surface area contributed by atoms with Gasteiger partial charge in [0.15, 0.2) is 0 Å². The maximum Gasteiger partial charge on any atom is 0.228 e. The lowest BCUT2D eigenvalue weighted by molar-refractivity contribution is -0.119. The highest BCUT2D eigenvalue weighted by molar-refractivity contribution is 5.92. The zero-order valence-corrected chi connectivity index (χ0v) is 10.2. The van der Waals surface area contributed by atoms with E-state index >= 15 is 0 Å². The van der Waals surface area contributed by atoms with Crippen LogP contribution in [0.25, 0.3) is 0 Å². The van der Waals surface area contributed by atoms with Crippen molar-refractivity contribution in [1.82, 2.24) is 5.32 Å². The topological polar surface area (TPSA) is 41.1 Å². The van der Waals surface area contributed by atoms with Crippen LogP contribution in [0, 0.1) is 12.8 Å². The zero-order chi connectivity index (χ0) is 12.0. The number of amides is 1. The van der Waals surface area contributed by atoms with E-state index in [1.54, 1.807) is 0 Å².